The third-order valence-corrected chi connectivity index (χ3v) is 4.82. The van der Waals surface area contributed by atoms with Crippen LogP contribution in [-0.4, -0.2) is 17.9 Å². The zero-order valence-electron chi connectivity index (χ0n) is 10.4. The summed E-state index contributed by atoms with van der Waals surface area (Å²) in [6.07, 6.45) is 2.67. The second-order valence-corrected chi connectivity index (χ2v) is 6.50. The van der Waals surface area contributed by atoms with Gasteiger partial charge in [-0.3, -0.25) is 9.69 Å². The topological polar surface area (TPSA) is 33.2 Å². The van der Waals surface area contributed by atoms with E-state index in [0.29, 0.717) is 5.92 Å². The molecule has 0 radical (unpaired) electrons. The Labute approximate surface area is 124 Å². The fourth-order valence-electron chi connectivity index (χ4n) is 2.27. The molecule has 2 aromatic rings. The van der Waals surface area contributed by atoms with Crippen LogP contribution in [0.15, 0.2) is 40.3 Å². The molecule has 1 aromatic heterocycles. The first-order valence-electron chi connectivity index (χ1n) is 6.09. The van der Waals surface area contributed by atoms with Gasteiger partial charge >= 0.3 is 0 Å². The van der Waals surface area contributed by atoms with E-state index in [9.17, 15) is 4.79 Å². The largest absolute Gasteiger partial charge is 0.291 e. The molecule has 0 saturated heterocycles. The number of rotatable bonds is 3. The van der Waals surface area contributed by atoms with Gasteiger partial charge in [0, 0.05) is 29.0 Å². The number of aromatic nitrogens is 1. The standard InChI is InChI=1S/C14H13BrN2OS/c1-17(14-16-6-7-19-14)13(18)12-8-11(12)9-2-4-10(15)5-3-9/h2-7,11-12H,8H2,1H3/t11-,12-/m1/s1. The monoisotopic (exact) mass is 336 g/mol. The van der Waals surface area contributed by atoms with E-state index in [-0.39, 0.29) is 11.8 Å². The molecule has 1 aromatic carbocycles. The van der Waals surface area contributed by atoms with Crippen LogP contribution in [0.3, 0.4) is 0 Å². The van der Waals surface area contributed by atoms with E-state index in [1.807, 2.05) is 17.5 Å². The first kappa shape index (κ1) is 12.8. The molecule has 2 atom stereocenters. The number of carbonyl (C=O) groups is 1. The highest BCUT2D eigenvalue weighted by atomic mass is 79.9. The average molecular weight is 337 g/mol. The summed E-state index contributed by atoms with van der Waals surface area (Å²) in [5, 5.41) is 2.66. The minimum absolute atomic E-state index is 0.107. The zero-order valence-corrected chi connectivity index (χ0v) is 12.8. The third-order valence-electron chi connectivity index (χ3n) is 3.44. The van der Waals surface area contributed by atoms with Crippen molar-refractivity contribution in [3.63, 3.8) is 0 Å². The Kier molecular flexibility index (Phi) is 3.41. The molecular formula is C14H13BrN2OS. The number of halogens is 1. The van der Waals surface area contributed by atoms with Gasteiger partial charge in [0.1, 0.15) is 0 Å². The molecule has 1 heterocycles. The zero-order chi connectivity index (χ0) is 13.4. The van der Waals surface area contributed by atoms with E-state index in [1.54, 1.807) is 18.1 Å². The molecule has 0 spiro atoms. The lowest BCUT2D eigenvalue weighted by molar-refractivity contribution is -0.119. The van der Waals surface area contributed by atoms with Crippen LogP contribution in [0.4, 0.5) is 5.13 Å². The van der Waals surface area contributed by atoms with Gasteiger partial charge in [-0.1, -0.05) is 28.1 Å². The summed E-state index contributed by atoms with van der Waals surface area (Å²) in [7, 11) is 1.80. The van der Waals surface area contributed by atoms with Crippen molar-refractivity contribution in [1.82, 2.24) is 4.98 Å². The molecule has 19 heavy (non-hydrogen) atoms. The highest BCUT2D eigenvalue weighted by Crippen LogP contribution is 2.48. The molecule has 1 fully saturated rings. The summed E-state index contributed by atoms with van der Waals surface area (Å²) in [5.41, 5.74) is 1.24. The van der Waals surface area contributed by atoms with E-state index in [4.69, 9.17) is 0 Å². The summed E-state index contributed by atoms with van der Waals surface area (Å²) in [6, 6.07) is 8.23. The molecule has 0 aliphatic heterocycles. The van der Waals surface area contributed by atoms with Gasteiger partial charge in [-0.25, -0.2) is 4.98 Å². The van der Waals surface area contributed by atoms with Gasteiger partial charge in [-0.15, -0.1) is 11.3 Å². The Hall–Kier alpha value is -1.20. The van der Waals surface area contributed by atoms with Crippen molar-refractivity contribution < 1.29 is 4.79 Å². The fraction of sp³-hybridized carbons (Fsp3) is 0.286. The second-order valence-electron chi connectivity index (χ2n) is 4.71. The summed E-state index contributed by atoms with van der Waals surface area (Å²) in [4.78, 5) is 18.2. The normalized spacial score (nSPS) is 21.2. The van der Waals surface area contributed by atoms with Crippen LogP contribution in [-0.2, 0) is 4.79 Å². The maximum absolute atomic E-state index is 12.3. The van der Waals surface area contributed by atoms with Crippen LogP contribution < -0.4 is 4.90 Å². The van der Waals surface area contributed by atoms with Crippen LogP contribution in [0.1, 0.15) is 17.9 Å². The van der Waals surface area contributed by atoms with Crippen molar-refractivity contribution in [1.29, 1.82) is 0 Å². The van der Waals surface area contributed by atoms with Crippen LogP contribution in [0.25, 0.3) is 0 Å². The van der Waals surface area contributed by atoms with Crippen molar-refractivity contribution in [2.75, 3.05) is 11.9 Å². The van der Waals surface area contributed by atoms with Gasteiger partial charge in [-0.05, 0) is 30.0 Å². The van der Waals surface area contributed by atoms with Crippen molar-refractivity contribution in [3.05, 3.63) is 45.9 Å². The number of thiazole rings is 1. The molecule has 0 bridgehead atoms. The molecule has 1 amide bonds. The summed E-state index contributed by atoms with van der Waals surface area (Å²) < 4.78 is 1.07. The summed E-state index contributed by atoms with van der Waals surface area (Å²) in [6.45, 7) is 0. The van der Waals surface area contributed by atoms with Crippen LogP contribution in [0.5, 0.6) is 0 Å². The minimum Gasteiger partial charge on any atom is -0.291 e. The predicted octanol–water partition coefficient (Wildman–Crippen LogP) is 3.67. The quantitative estimate of drug-likeness (QED) is 0.856. The van der Waals surface area contributed by atoms with Gasteiger partial charge in [-0.2, -0.15) is 0 Å². The molecule has 3 nitrogen and oxygen atoms in total. The Morgan fingerprint density at radius 3 is 2.79 bits per heavy atom. The van der Waals surface area contributed by atoms with Gasteiger partial charge in [0.15, 0.2) is 5.13 Å². The molecule has 5 heteroatoms. The van der Waals surface area contributed by atoms with E-state index in [1.165, 1.54) is 16.9 Å². The molecule has 0 N–H and O–H groups in total. The lowest BCUT2D eigenvalue weighted by Gasteiger charge is -2.13. The van der Waals surface area contributed by atoms with Crippen molar-refractivity contribution in [2.24, 2.45) is 5.92 Å². The number of hydrogen-bond acceptors (Lipinski definition) is 3. The van der Waals surface area contributed by atoms with Crippen molar-refractivity contribution in [3.8, 4) is 0 Å². The van der Waals surface area contributed by atoms with Crippen LogP contribution >= 0.6 is 27.3 Å². The maximum atomic E-state index is 12.3. The molecule has 98 valence electrons. The van der Waals surface area contributed by atoms with Gasteiger partial charge in [0.05, 0.1) is 0 Å². The molecule has 1 saturated carbocycles. The molecule has 1 aliphatic carbocycles. The number of hydrogen-bond donors (Lipinski definition) is 0. The Bertz CT molecular complexity index is 582. The van der Waals surface area contributed by atoms with Crippen molar-refractivity contribution in [2.45, 2.75) is 12.3 Å². The van der Waals surface area contributed by atoms with Gasteiger partial charge in [0.25, 0.3) is 0 Å². The lowest BCUT2D eigenvalue weighted by atomic mass is 10.1. The third kappa shape index (κ3) is 2.58. The Balaban J connectivity index is 1.69. The number of nitrogens with zero attached hydrogens (tertiary/aromatic N) is 2. The lowest BCUT2D eigenvalue weighted by Crippen LogP contribution is -2.28. The predicted molar refractivity (Wildman–Crippen MR) is 80.5 cm³/mol. The number of anilines is 1. The first-order chi connectivity index (χ1) is 9.16. The van der Waals surface area contributed by atoms with Gasteiger partial charge in [0.2, 0.25) is 5.91 Å². The highest BCUT2D eigenvalue weighted by Gasteiger charge is 2.45. The van der Waals surface area contributed by atoms with Crippen LogP contribution in [0.2, 0.25) is 0 Å². The minimum atomic E-state index is 0.107. The van der Waals surface area contributed by atoms with Crippen molar-refractivity contribution >= 4 is 38.3 Å². The summed E-state index contributed by atoms with van der Waals surface area (Å²) in [5.74, 6) is 0.640. The average Bonchev–Trinajstić information content (AvgIpc) is 3.02. The smallest absolute Gasteiger partial charge is 0.232 e. The van der Waals surface area contributed by atoms with E-state index < -0.39 is 0 Å². The van der Waals surface area contributed by atoms with E-state index in [2.05, 4.69) is 33.0 Å². The fourth-order valence-corrected chi connectivity index (χ4v) is 3.15. The maximum Gasteiger partial charge on any atom is 0.232 e. The SMILES string of the molecule is CN(C(=O)[C@@H]1C[C@@H]1c1ccc(Br)cc1)c1nccs1. The van der Waals surface area contributed by atoms with Crippen LogP contribution in [0, 0.1) is 5.92 Å². The molecular weight excluding hydrogens is 324 g/mol. The first-order valence-corrected chi connectivity index (χ1v) is 7.76. The number of amides is 1. The van der Waals surface area contributed by atoms with E-state index in [0.717, 1.165) is 16.0 Å². The Morgan fingerprint density at radius 2 is 2.16 bits per heavy atom. The molecule has 0 unspecified atom stereocenters. The highest BCUT2D eigenvalue weighted by molar-refractivity contribution is 9.10. The van der Waals surface area contributed by atoms with Gasteiger partial charge < -0.3 is 0 Å². The molecule has 3 rings (SSSR count). The second kappa shape index (κ2) is 5.06. The summed E-state index contributed by atoms with van der Waals surface area (Å²) >= 11 is 4.92. The number of carbonyl (C=O) groups excluding carboxylic acids is 1. The Morgan fingerprint density at radius 1 is 1.42 bits per heavy atom. The van der Waals surface area contributed by atoms with E-state index >= 15 is 0 Å². The number of benzene rings is 1. The molecule has 1 aliphatic rings.